The van der Waals surface area contributed by atoms with E-state index >= 15 is 0 Å². The smallest absolute Gasteiger partial charge is 0.167 e. The van der Waals surface area contributed by atoms with Gasteiger partial charge in [0.1, 0.15) is 0 Å². The Balaban J connectivity index is 2.39. The summed E-state index contributed by atoms with van der Waals surface area (Å²) in [5, 5.41) is 0. The molecule has 4 heteroatoms. The highest BCUT2D eigenvalue weighted by Crippen LogP contribution is 2.44. The number of ether oxygens (including phenoxy) is 2. The van der Waals surface area contributed by atoms with E-state index in [0.29, 0.717) is 17.1 Å². The number of carbonyl (C=O) groups is 1. The van der Waals surface area contributed by atoms with E-state index in [-0.39, 0.29) is 17.1 Å². The van der Waals surface area contributed by atoms with Gasteiger partial charge in [-0.25, -0.2) is 0 Å². The van der Waals surface area contributed by atoms with Crippen LogP contribution >= 0.6 is 15.9 Å². The van der Waals surface area contributed by atoms with Crippen molar-refractivity contribution in [2.45, 2.75) is 39.5 Å². The fourth-order valence-corrected chi connectivity index (χ4v) is 3.73. The molecule has 1 saturated carbocycles. The second-order valence-corrected chi connectivity index (χ2v) is 7.19. The average Bonchev–Trinajstić information content (AvgIpc) is 2.45. The van der Waals surface area contributed by atoms with Crippen LogP contribution < -0.4 is 9.47 Å². The lowest BCUT2D eigenvalue weighted by atomic mass is 9.66. The zero-order chi connectivity index (χ0) is 15.6. The zero-order valence-electron chi connectivity index (χ0n) is 13.2. The van der Waals surface area contributed by atoms with Gasteiger partial charge in [-0.3, -0.25) is 4.79 Å². The highest BCUT2D eigenvalue weighted by Gasteiger charge is 2.38. The molecule has 1 aliphatic rings. The number of Topliss-reactive ketones (excluding diaryl/α,β-unsaturated/α-hetero) is 1. The van der Waals surface area contributed by atoms with Crippen LogP contribution in [0.5, 0.6) is 11.5 Å². The fraction of sp³-hybridized carbons (Fsp3) is 0.588. The highest BCUT2D eigenvalue weighted by molar-refractivity contribution is 9.10. The Morgan fingerprint density at radius 1 is 1.19 bits per heavy atom. The van der Waals surface area contributed by atoms with Crippen LogP contribution in [0, 0.1) is 11.3 Å². The summed E-state index contributed by atoms with van der Waals surface area (Å²) in [6.07, 6.45) is 4.41. The van der Waals surface area contributed by atoms with Gasteiger partial charge >= 0.3 is 0 Å². The molecule has 0 aromatic heterocycles. The summed E-state index contributed by atoms with van der Waals surface area (Å²) in [5.74, 6) is 1.50. The SMILES string of the molecule is COc1cc(Br)c(C(=O)C2CCCCC2(C)C)cc1OC. The Kier molecular flexibility index (Phi) is 4.97. The van der Waals surface area contributed by atoms with Gasteiger partial charge in [0.05, 0.1) is 14.2 Å². The molecular weight excluding hydrogens is 332 g/mol. The first-order chi connectivity index (χ1) is 9.90. The molecule has 0 bridgehead atoms. The van der Waals surface area contributed by atoms with Crippen molar-refractivity contribution in [2.24, 2.45) is 11.3 Å². The molecule has 1 aliphatic carbocycles. The third-order valence-electron chi connectivity index (χ3n) is 4.56. The van der Waals surface area contributed by atoms with Crippen LogP contribution in [0.25, 0.3) is 0 Å². The molecule has 0 heterocycles. The van der Waals surface area contributed by atoms with Crippen LogP contribution in [0.1, 0.15) is 49.9 Å². The van der Waals surface area contributed by atoms with Crippen LogP contribution in [0.2, 0.25) is 0 Å². The monoisotopic (exact) mass is 354 g/mol. The lowest BCUT2D eigenvalue weighted by Gasteiger charge is -2.37. The standard InChI is InChI=1S/C17H23BrO3/c1-17(2)8-6-5-7-12(17)16(19)11-9-14(20-3)15(21-4)10-13(11)18/h9-10,12H,5-8H2,1-4H3. The van der Waals surface area contributed by atoms with Gasteiger partial charge in [-0.05, 0) is 46.3 Å². The van der Waals surface area contributed by atoms with E-state index in [1.165, 1.54) is 6.42 Å². The number of rotatable bonds is 4. The minimum absolute atomic E-state index is 0.0575. The lowest BCUT2D eigenvalue weighted by Crippen LogP contribution is -2.34. The van der Waals surface area contributed by atoms with Crippen molar-refractivity contribution in [2.75, 3.05) is 14.2 Å². The summed E-state index contributed by atoms with van der Waals surface area (Å²) in [4.78, 5) is 13.0. The van der Waals surface area contributed by atoms with E-state index in [0.717, 1.165) is 23.7 Å². The number of methoxy groups -OCH3 is 2. The average molecular weight is 355 g/mol. The molecule has 0 amide bonds. The minimum Gasteiger partial charge on any atom is -0.493 e. The van der Waals surface area contributed by atoms with Gasteiger partial charge in [0.15, 0.2) is 17.3 Å². The largest absolute Gasteiger partial charge is 0.493 e. The fourth-order valence-electron chi connectivity index (χ4n) is 3.21. The van der Waals surface area contributed by atoms with Crippen LogP contribution in [0.4, 0.5) is 0 Å². The first-order valence-corrected chi connectivity index (χ1v) is 8.15. The Hall–Kier alpha value is -1.03. The van der Waals surface area contributed by atoms with Crippen molar-refractivity contribution in [3.8, 4) is 11.5 Å². The van der Waals surface area contributed by atoms with Crippen molar-refractivity contribution >= 4 is 21.7 Å². The van der Waals surface area contributed by atoms with E-state index in [9.17, 15) is 4.79 Å². The van der Waals surface area contributed by atoms with Gasteiger partial charge in [0.2, 0.25) is 0 Å². The molecule has 1 unspecified atom stereocenters. The maximum atomic E-state index is 13.0. The maximum Gasteiger partial charge on any atom is 0.167 e. The molecule has 1 atom stereocenters. The second-order valence-electron chi connectivity index (χ2n) is 6.34. The molecule has 3 nitrogen and oxygen atoms in total. The molecule has 1 aromatic rings. The third-order valence-corrected chi connectivity index (χ3v) is 5.22. The van der Waals surface area contributed by atoms with E-state index in [2.05, 4.69) is 29.8 Å². The van der Waals surface area contributed by atoms with Gasteiger partial charge in [0, 0.05) is 16.0 Å². The van der Waals surface area contributed by atoms with Crippen molar-refractivity contribution < 1.29 is 14.3 Å². The topological polar surface area (TPSA) is 35.5 Å². The molecule has 0 N–H and O–H groups in total. The van der Waals surface area contributed by atoms with E-state index in [4.69, 9.17) is 9.47 Å². The van der Waals surface area contributed by atoms with Crippen molar-refractivity contribution in [3.63, 3.8) is 0 Å². The van der Waals surface area contributed by atoms with Crippen molar-refractivity contribution in [1.82, 2.24) is 0 Å². The van der Waals surface area contributed by atoms with Gasteiger partial charge in [0.25, 0.3) is 0 Å². The summed E-state index contributed by atoms with van der Waals surface area (Å²) in [7, 11) is 3.18. The van der Waals surface area contributed by atoms with Gasteiger partial charge in [-0.1, -0.05) is 26.7 Å². The lowest BCUT2D eigenvalue weighted by molar-refractivity contribution is 0.0696. The van der Waals surface area contributed by atoms with Crippen molar-refractivity contribution in [1.29, 1.82) is 0 Å². The number of benzene rings is 1. The Labute approximate surface area is 135 Å². The van der Waals surface area contributed by atoms with Crippen LogP contribution in [-0.2, 0) is 0 Å². The molecule has 21 heavy (non-hydrogen) atoms. The molecule has 2 rings (SSSR count). The van der Waals surface area contributed by atoms with E-state index in [1.54, 1.807) is 20.3 Å². The number of carbonyl (C=O) groups excluding carboxylic acids is 1. The summed E-state index contributed by atoms with van der Waals surface area (Å²) in [6.45, 7) is 4.40. The maximum absolute atomic E-state index is 13.0. The normalized spacial score (nSPS) is 20.9. The Bertz CT molecular complexity index is 537. The van der Waals surface area contributed by atoms with Crippen LogP contribution in [0.15, 0.2) is 16.6 Å². The molecule has 0 aliphatic heterocycles. The van der Waals surface area contributed by atoms with Crippen LogP contribution in [0.3, 0.4) is 0 Å². The molecule has 0 saturated heterocycles. The molecular formula is C17H23BrO3. The van der Waals surface area contributed by atoms with Gasteiger partial charge in [-0.2, -0.15) is 0 Å². The Morgan fingerprint density at radius 2 is 1.81 bits per heavy atom. The van der Waals surface area contributed by atoms with E-state index < -0.39 is 0 Å². The molecule has 1 fully saturated rings. The van der Waals surface area contributed by atoms with Crippen molar-refractivity contribution in [3.05, 3.63) is 22.2 Å². The van der Waals surface area contributed by atoms with Crippen LogP contribution in [-0.4, -0.2) is 20.0 Å². The number of halogens is 1. The molecule has 0 spiro atoms. The highest BCUT2D eigenvalue weighted by atomic mass is 79.9. The second kappa shape index (κ2) is 6.39. The summed E-state index contributed by atoms with van der Waals surface area (Å²) in [5.41, 5.74) is 0.745. The van der Waals surface area contributed by atoms with Gasteiger partial charge in [-0.15, -0.1) is 0 Å². The predicted octanol–water partition coefficient (Wildman–Crippen LogP) is 4.87. The van der Waals surface area contributed by atoms with Gasteiger partial charge < -0.3 is 9.47 Å². The predicted molar refractivity (Wildman–Crippen MR) is 87.3 cm³/mol. The summed E-state index contributed by atoms with van der Waals surface area (Å²) < 4.78 is 11.4. The molecule has 116 valence electrons. The first-order valence-electron chi connectivity index (χ1n) is 7.36. The number of ketones is 1. The third kappa shape index (κ3) is 3.25. The first kappa shape index (κ1) is 16.3. The molecule has 0 radical (unpaired) electrons. The zero-order valence-corrected chi connectivity index (χ0v) is 14.7. The summed E-state index contributed by atoms with van der Waals surface area (Å²) >= 11 is 3.50. The number of hydrogen-bond donors (Lipinski definition) is 0. The Morgan fingerprint density at radius 3 is 2.38 bits per heavy atom. The summed E-state index contributed by atoms with van der Waals surface area (Å²) in [6, 6.07) is 3.60. The number of hydrogen-bond acceptors (Lipinski definition) is 3. The quantitative estimate of drug-likeness (QED) is 0.723. The molecule has 1 aromatic carbocycles. The minimum atomic E-state index is 0.0575. The van der Waals surface area contributed by atoms with E-state index in [1.807, 2.05) is 6.07 Å².